The van der Waals surface area contributed by atoms with Gasteiger partial charge in [-0.3, -0.25) is 0 Å². The molecule has 0 bridgehead atoms. The molecule has 0 amide bonds. The molecule has 4 rings (SSSR count). The molecule has 42 heavy (non-hydrogen) atoms. The van der Waals surface area contributed by atoms with Gasteiger partial charge in [-0.2, -0.15) is 18.4 Å². The third kappa shape index (κ3) is 8.88. The summed E-state index contributed by atoms with van der Waals surface area (Å²) < 4.78 is 53.5. The number of carbonyl (C=O) groups excluding carboxylic acids is 1. The van der Waals surface area contributed by atoms with Crippen LogP contribution in [0.4, 0.5) is 18.9 Å². The van der Waals surface area contributed by atoms with Crippen LogP contribution in [0.5, 0.6) is 11.5 Å². The van der Waals surface area contributed by atoms with Gasteiger partial charge in [0.1, 0.15) is 12.7 Å². The molecule has 1 aliphatic rings. The fourth-order valence-electron chi connectivity index (χ4n) is 4.94. The molecule has 0 unspecified atom stereocenters. The van der Waals surface area contributed by atoms with Crippen molar-refractivity contribution in [3.63, 3.8) is 0 Å². The van der Waals surface area contributed by atoms with Gasteiger partial charge in [0, 0.05) is 25.7 Å². The maximum absolute atomic E-state index is 12.5. The third-order valence-electron chi connectivity index (χ3n) is 6.79. The van der Waals surface area contributed by atoms with Crippen molar-refractivity contribution in [2.45, 2.75) is 38.4 Å². The van der Waals surface area contributed by atoms with Crippen molar-refractivity contribution in [2.24, 2.45) is 0 Å². The third-order valence-corrected chi connectivity index (χ3v) is 6.79. The zero-order valence-corrected chi connectivity index (χ0v) is 23.5. The van der Waals surface area contributed by atoms with Crippen LogP contribution in [0.25, 0.3) is 0 Å². The van der Waals surface area contributed by atoms with Crippen molar-refractivity contribution >= 4 is 11.7 Å². The molecule has 3 aromatic carbocycles. The number of para-hydroxylation sites is 2. The second kappa shape index (κ2) is 14.6. The molecule has 0 aliphatic carbocycles. The highest BCUT2D eigenvalue weighted by Gasteiger charge is 2.29. The number of nitrogens with zero attached hydrogens (tertiary/aromatic N) is 2. The summed E-state index contributed by atoms with van der Waals surface area (Å²) in [6.07, 6.45) is -2.23. The molecule has 0 spiro atoms. The standard InChI is InChI=1S/C32H34F3N3O4/c1-23(37-13-17-40-28-10-5-6-11-29(28)42-22-32(33,34)35)18-24-19-26-12-15-38(30(26)27(20-24)21-36)14-7-16-41-31(39)25-8-3-2-4-9-25/h2-6,8-11,19-20,23,37H,7,12-18,22H2,1H3/t23-/m1/s1. The van der Waals surface area contributed by atoms with E-state index >= 15 is 0 Å². The first-order chi connectivity index (χ1) is 20.2. The maximum atomic E-state index is 12.5. The lowest BCUT2D eigenvalue weighted by molar-refractivity contribution is -0.153. The molecule has 3 aromatic rings. The first kappa shape index (κ1) is 30.7. The number of hydrogen-bond donors (Lipinski definition) is 1. The lowest BCUT2D eigenvalue weighted by Crippen LogP contribution is -2.32. The van der Waals surface area contributed by atoms with E-state index in [1.54, 1.807) is 42.5 Å². The van der Waals surface area contributed by atoms with Crippen LogP contribution in [0.2, 0.25) is 0 Å². The second-order valence-corrected chi connectivity index (χ2v) is 10.1. The Kier molecular flexibility index (Phi) is 10.7. The fourth-order valence-corrected chi connectivity index (χ4v) is 4.94. The van der Waals surface area contributed by atoms with Crippen molar-refractivity contribution in [3.05, 3.63) is 89.0 Å². The van der Waals surface area contributed by atoms with Gasteiger partial charge >= 0.3 is 12.1 Å². The highest BCUT2D eigenvalue weighted by atomic mass is 19.4. The molecule has 0 radical (unpaired) electrons. The van der Waals surface area contributed by atoms with E-state index in [4.69, 9.17) is 14.2 Å². The summed E-state index contributed by atoms with van der Waals surface area (Å²) in [7, 11) is 0. The first-order valence-electron chi connectivity index (χ1n) is 13.9. The zero-order valence-electron chi connectivity index (χ0n) is 23.5. The van der Waals surface area contributed by atoms with Crippen LogP contribution in [-0.2, 0) is 17.6 Å². The van der Waals surface area contributed by atoms with Gasteiger partial charge in [0.2, 0.25) is 0 Å². The molecule has 10 heteroatoms. The largest absolute Gasteiger partial charge is 0.488 e. The van der Waals surface area contributed by atoms with E-state index in [9.17, 15) is 23.2 Å². The van der Waals surface area contributed by atoms with Gasteiger partial charge < -0.3 is 24.4 Å². The minimum absolute atomic E-state index is 0.0484. The fraction of sp³-hybridized carbons (Fsp3) is 0.375. The van der Waals surface area contributed by atoms with Crippen LogP contribution in [0, 0.1) is 11.3 Å². The number of nitriles is 1. The van der Waals surface area contributed by atoms with E-state index in [2.05, 4.69) is 22.4 Å². The van der Waals surface area contributed by atoms with Crippen LogP contribution in [0.1, 0.15) is 40.4 Å². The number of rotatable bonds is 14. The van der Waals surface area contributed by atoms with E-state index in [0.29, 0.717) is 43.7 Å². The predicted molar refractivity (Wildman–Crippen MR) is 153 cm³/mol. The van der Waals surface area contributed by atoms with Gasteiger partial charge in [0.25, 0.3) is 0 Å². The minimum atomic E-state index is -4.43. The van der Waals surface area contributed by atoms with Crippen LogP contribution in [0.15, 0.2) is 66.7 Å². The number of fused-ring (bicyclic) bond motifs is 1. The summed E-state index contributed by atoms with van der Waals surface area (Å²) in [5, 5.41) is 13.3. The van der Waals surface area contributed by atoms with E-state index < -0.39 is 12.8 Å². The van der Waals surface area contributed by atoms with Crippen molar-refractivity contribution < 1.29 is 32.2 Å². The quantitative estimate of drug-likeness (QED) is 0.193. The summed E-state index contributed by atoms with van der Waals surface area (Å²) in [6, 6.07) is 21.7. The molecule has 1 heterocycles. The SMILES string of the molecule is C[C@H](Cc1cc(C#N)c2c(c1)CCN2CCCOC(=O)c1ccccc1)NCCOc1ccccc1OCC(F)(F)F. The number of anilines is 1. The molecule has 1 N–H and O–H groups in total. The molecule has 1 atom stereocenters. The molecule has 0 aromatic heterocycles. The lowest BCUT2D eigenvalue weighted by Gasteiger charge is -2.21. The summed E-state index contributed by atoms with van der Waals surface area (Å²) in [5.41, 5.74) is 4.30. The normalized spacial score (nSPS) is 13.3. The van der Waals surface area contributed by atoms with Gasteiger partial charge in [-0.15, -0.1) is 0 Å². The van der Waals surface area contributed by atoms with Crippen LogP contribution < -0.4 is 19.7 Å². The number of halogens is 3. The Morgan fingerprint density at radius 1 is 1.05 bits per heavy atom. The molecule has 0 fully saturated rings. The molecular formula is C32H34F3N3O4. The average Bonchev–Trinajstić information content (AvgIpc) is 3.39. The molecule has 7 nitrogen and oxygen atoms in total. The van der Waals surface area contributed by atoms with E-state index in [0.717, 1.165) is 29.8 Å². The molecule has 222 valence electrons. The number of benzene rings is 3. The number of hydrogen-bond acceptors (Lipinski definition) is 7. The summed E-state index contributed by atoms with van der Waals surface area (Å²) in [6.45, 7) is 3.18. The zero-order chi connectivity index (χ0) is 30.0. The number of alkyl halides is 3. The Hall–Kier alpha value is -4.23. The Labute approximate surface area is 243 Å². The smallest absolute Gasteiger partial charge is 0.422 e. The average molecular weight is 582 g/mol. The lowest BCUT2D eigenvalue weighted by atomic mass is 9.99. The second-order valence-electron chi connectivity index (χ2n) is 10.1. The molecule has 0 saturated heterocycles. The van der Waals surface area contributed by atoms with Gasteiger partial charge in [0.05, 0.1) is 23.4 Å². The minimum Gasteiger partial charge on any atom is -0.488 e. The van der Waals surface area contributed by atoms with Gasteiger partial charge in [-0.05, 0) is 67.6 Å². The van der Waals surface area contributed by atoms with Crippen LogP contribution in [-0.4, -0.2) is 57.6 Å². The Morgan fingerprint density at radius 3 is 2.48 bits per heavy atom. The van der Waals surface area contributed by atoms with Crippen LogP contribution in [0.3, 0.4) is 0 Å². The van der Waals surface area contributed by atoms with Gasteiger partial charge in [-0.1, -0.05) is 36.4 Å². The van der Waals surface area contributed by atoms with Crippen molar-refractivity contribution in [3.8, 4) is 17.6 Å². The van der Waals surface area contributed by atoms with E-state index in [1.165, 1.54) is 6.07 Å². The highest BCUT2D eigenvalue weighted by Crippen LogP contribution is 2.33. The first-order valence-corrected chi connectivity index (χ1v) is 13.9. The van der Waals surface area contributed by atoms with Crippen LogP contribution >= 0.6 is 0 Å². The highest BCUT2D eigenvalue weighted by molar-refractivity contribution is 5.89. The molecule has 1 aliphatic heterocycles. The van der Waals surface area contributed by atoms with Gasteiger partial charge in [0.15, 0.2) is 18.1 Å². The van der Waals surface area contributed by atoms with E-state index in [1.807, 2.05) is 19.1 Å². The summed E-state index contributed by atoms with van der Waals surface area (Å²) in [4.78, 5) is 14.3. The monoisotopic (exact) mass is 581 g/mol. The number of nitrogens with one attached hydrogen (secondary N) is 1. The maximum Gasteiger partial charge on any atom is 0.422 e. The van der Waals surface area contributed by atoms with Crippen molar-refractivity contribution in [1.82, 2.24) is 5.32 Å². The number of ether oxygens (including phenoxy) is 3. The Balaban J connectivity index is 1.23. The van der Waals surface area contributed by atoms with Gasteiger partial charge in [-0.25, -0.2) is 4.79 Å². The summed E-state index contributed by atoms with van der Waals surface area (Å²) >= 11 is 0. The molecular weight excluding hydrogens is 547 g/mol. The Morgan fingerprint density at radius 2 is 1.76 bits per heavy atom. The van der Waals surface area contributed by atoms with E-state index in [-0.39, 0.29) is 30.1 Å². The number of carbonyl (C=O) groups is 1. The molecule has 0 saturated carbocycles. The number of esters is 1. The summed E-state index contributed by atoms with van der Waals surface area (Å²) in [5.74, 6) is -0.0338. The Bertz CT molecular complexity index is 1380. The van der Waals surface area contributed by atoms with Crippen molar-refractivity contribution in [2.75, 3.05) is 44.4 Å². The topological polar surface area (TPSA) is 83.8 Å². The van der Waals surface area contributed by atoms with Crippen molar-refractivity contribution in [1.29, 1.82) is 5.26 Å². The predicted octanol–water partition coefficient (Wildman–Crippen LogP) is 5.71.